The Kier molecular flexibility index (Phi) is 1.92. The van der Waals surface area contributed by atoms with E-state index in [0.29, 0.717) is 23.7 Å². The molecule has 0 unspecified atom stereocenters. The average molecular weight is 194 g/mol. The lowest BCUT2D eigenvalue weighted by atomic mass is 9.79. The van der Waals surface area contributed by atoms with Crippen LogP contribution in [-0.2, 0) is 0 Å². The number of allylic oxidation sites excluding steroid dienone is 2. The first-order valence-electron chi connectivity index (χ1n) is 5.59. The van der Waals surface area contributed by atoms with E-state index < -0.39 is 0 Å². The Morgan fingerprint density at radius 3 is 2.53 bits per heavy atom. The van der Waals surface area contributed by atoms with Crippen LogP contribution in [0.2, 0.25) is 0 Å². The molecule has 74 valence electrons. The van der Waals surface area contributed by atoms with Gasteiger partial charge in [0.15, 0.2) is 0 Å². The van der Waals surface area contributed by atoms with E-state index in [9.17, 15) is 0 Å². The monoisotopic (exact) mass is 194 g/mol. The molecule has 0 aromatic heterocycles. The number of rotatable bonds is 1. The minimum Gasteiger partial charge on any atom is -0.120 e. The van der Waals surface area contributed by atoms with E-state index in [1.165, 1.54) is 12.0 Å². The second-order valence-corrected chi connectivity index (χ2v) is 4.58. The van der Waals surface area contributed by atoms with Crippen molar-refractivity contribution in [3.8, 4) is 12.3 Å². The summed E-state index contributed by atoms with van der Waals surface area (Å²) in [6.07, 6.45) is 11.6. The zero-order valence-corrected chi connectivity index (χ0v) is 8.64. The largest absolute Gasteiger partial charge is 0.120 e. The van der Waals surface area contributed by atoms with Crippen molar-refractivity contribution in [2.24, 2.45) is 17.8 Å². The number of hydrogen-bond donors (Lipinski definition) is 0. The van der Waals surface area contributed by atoms with Crippen molar-refractivity contribution in [2.45, 2.75) is 12.3 Å². The van der Waals surface area contributed by atoms with Crippen molar-refractivity contribution >= 4 is 0 Å². The molecule has 0 spiro atoms. The lowest BCUT2D eigenvalue weighted by Gasteiger charge is -2.24. The summed E-state index contributed by atoms with van der Waals surface area (Å²) in [5.74, 6) is 5.28. The molecule has 1 saturated carbocycles. The van der Waals surface area contributed by atoms with Gasteiger partial charge in [0, 0.05) is 11.8 Å². The maximum atomic E-state index is 5.66. The zero-order chi connectivity index (χ0) is 10.3. The van der Waals surface area contributed by atoms with E-state index in [2.05, 4.69) is 48.4 Å². The molecule has 0 saturated heterocycles. The summed E-state index contributed by atoms with van der Waals surface area (Å²) in [6.45, 7) is 0. The third-order valence-electron chi connectivity index (χ3n) is 3.84. The number of benzene rings is 1. The van der Waals surface area contributed by atoms with Crippen molar-refractivity contribution in [3.63, 3.8) is 0 Å². The SMILES string of the molecule is C#C[C@@H]1[C@H](c2ccccc2)[C@H]2C=C[C@@H]1C2. The van der Waals surface area contributed by atoms with Gasteiger partial charge in [-0.25, -0.2) is 0 Å². The number of hydrogen-bond acceptors (Lipinski definition) is 0. The van der Waals surface area contributed by atoms with Crippen LogP contribution in [0.4, 0.5) is 0 Å². The minimum atomic E-state index is 0.419. The lowest BCUT2D eigenvalue weighted by molar-refractivity contribution is 0.493. The summed E-state index contributed by atoms with van der Waals surface area (Å²) in [6, 6.07) is 10.7. The Labute approximate surface area is 91.0 Å². The number of terminal acetylenes is 1. The van der Waals surface area contributed by atoms with Gasteiger partial charge >= 0.3 is 0 Å². The molecule has 3 rings (SSSR count). The van der Waals surface area contributed by atoms with E-state index in [-0.39, 0.29) is 0 Å². The van der Waals surface area contributed by atoms with Gasteiger partial charge in [-0.3, -0.25) is 0 Å². The minimum absolute atomic E-state index is 0.419. The molecular weight excluding hydrogens is 180 g/mol. The quantitative estimate of drug-likeness (QED) is 0.475. The molecule has 1 fully saturated rings. The Bertz CT molecular complexity index is 421. The molecule has 0 radical (unpaired) electrons. The summed E-state index contributed by atoms with van der Waals surface area (Å²) < 4.78 is 0. The smallest absolute Gasteiger partial charge is 0.0337 e. The molecule has 0 heteroatoms. The fourth-order valence-corrected chi connectivity index (χ4v) is 3.18. The molecule has 0 nitrogen and oxygen atoms in total. The molecular formula is C15H14. The first kappa shape index (κ1) is 8.80. The molecule has 0 N–H and O–H groups in total. The van der Waals surface area contributed by atoms with Crippen molar-refractivity contribution in [1.82, 2.24) is 0 Å². The highest BCUT2D eigenvalue weighted by atomic mass is 14.5. The van der Waals surface area contributed by atoms with Gasteiger partial charge in [-0.15, -0.1) is 12.3 Å². The van der Waals surface area contributed by atoms with E-state index in [1.807, 2.05) is 0 Å². The van der Waals surface area contributed by atoms with Crippen LogP contribution in [-0.4, -0.2) is 0 Å². The zero-order valence-electron chi connectivity index (χ0n) is 8.64. The summed E-state index contributed by atoms with van der Waals surface area (Å²) >= 11 is 0. The molecule has 0 heterocycles. The highest BCUT2D eigenvalue weighted by molar-refractivity contribution is 5.32. The summed E-state index contributed by atoms with van der Waals surface area (Å²) in [5.41, 5.74) is 1.41. The molecule has 0 aliphatic heterocycles. The van der Waals surface area contributed by atoms with Gasteiger partial charge in [0.2, 0.25) is 0 Å². The Morgan fingerprint density at radius 2 is 1.80 bits per heavy atom. The summed E-state index contributed by atoms with van der Waals surface area (Å²) in [5, 5.41) is 0. The predicted octanol–water partition coefficient (Wildman–Crippen LogP) is 3.23. The maximum Gasteiger partial charge on any atom is 0.0337 e. The van der Waals surface area contributed by atoms with E-state index in [4.69, 9.17) is 6.42 Å². The van der Waals surface area contributed by atoms with Crippen molar-refractivity contribution in [1.29, 1.82) is 0 Å². The highest BCUT2D eigenvalue weighted by Gasteiger charge is 2.43. The second kappa shape index (κ2) is 3.28. The Morgan fingerprint density at radius 1 is 1.07 bits per heavy atom. The molecule has 2 bridgehead atoms. The Hall–Kier alpha value is -1.48. The average Bonchev–Trinajstić information content (AvgIpc) is 2.89. The van der Waals surface area contributed by atoms with Crippen LogP contribution in [0.15, 0.2) is 42.5 Å². The second-order valence-electron chi connectivity index (χ2n) is 4.58. The molecule has 2 aliphatic rings. The van der Waals surface area contributed by atoms with Crippen LogP contribution in [0.3, 0.4) is 0 Å². The van der Waals surface area contributed by atoms with Gasteiger partial charge in [0.1, 0.15) is 0 Å². The highest BCUT2D eigenvalue weighted by Crippen LogP contribution is 2.52. The van der Waals surface area contributed by atoms with Crippen LogP contribution in [0.5, 0.6) is 0 Å². The van der Waals surface area contributed by atoms with Crippen LogP contribution in [0.1, 0.15) is 17.9 Å². The van der Waals surface area contributed by atoms with Crippen molar-refractivity contribution < 1.29 is 0 Å². The third kappa shape index (κ3) is 1.23. The molecule has 15 heavy (non-hydrogen) atoms. The molecule has 1 aromatic rings. The predicted molar refractivity (Wildman–Crippen MR) is 62.2 cm³/mol. The molecule has 1 aromatic carbocycles. The summed E-state index contributed by atoms with van der Waals surface area (Å²) in [7, 11) is 0. The standard InChI is InChI=1S/C15H14/c1-2-14-12-8-9-13(10-12)15(14)11-6-4-3-5-7-11/h1,3-9,12-15H,10H2/t12-,13+,14+,15-/m1/s1. The third-order valence-corrected chi connectivity index (χ3v) is 3.84. The van der Waals surface area contributed by atoms with Gasteiger partial charge in [-0.05, 0) is 23.8 Å². The van der Waals surface area contributed by atoms with E-state index in [1.54, 1.807) is 0 Å². The molecule has 2 aliphatic carbocycles. The van der Waals surface area contributed by atoms with Crippen molar-refractivity contribution in [2.75, 3.05) is 0 Å². The van der Waals surface area contributed by atoms with Crippen LogP contribution in [0, 0.1) is 30.1 Å². The lowest BCUT2D eigenvalue weighted by Crippen LogP contribution is -2.15. The van der Waals surface area contributed by atoms with Gasteiger partial charge in [0.05, 0.1) is 0 Å². The topological polar surface area (TPSA) is 0 Å². The fourth-order valence-electron chi connectivity index (χ4n) is 3.18. The van der Waals surface area contributed by atoms with E-state index in [0.717, 1.165) is 0 Å². The first-order chi connectivity index (χ1) is 7.40. The number of fused-ring (bicyclic) bond motifs is 2. The molecule has 4 atom stereocenters. The maximum absolute atomic E-state index is 5.66. The summed E-state index contributed by atoms with van der Waals surface area (Å²) in [4.78, 5) is 0. The van der Waals surface area contributed by atoms with Crippen molar-refractivity contribution in [3.05, 3.63) is 48.0 Å². The molecule has 0 amide bonds. The van der Waals surface area contributed by atoms with E-state index >= 15 is 0 Å². The first-order valence-corrected chi connectivity index (χ1v) is 5.59. The van der Waals surface area contributed by atoms with Gasteiger partial charge in [-0.1, -0.05) is 42.5 Å². The van der Waals surface area contributed by atoms with Gasteiger partial charge in [-0.2, -0.15) is 0 Å². The Balaban J connectivity index is 2.00. The van der Waals surface area contributed by atoms with Gasteiger partial charge in [0.25, 0.3) is 0 Å². The normalized spacial score (nSPS) is 36.7. The fraction of sp³-hybridized carbons (Fsp3) is 0.333. The van der Waals surface area contributed by atoms with Crippen LogP contribution in [0.25, 0.3) is 0 Å². The van der Waals surface area contributed by atoms with Crippen LogP contribution < -0.4 is 0 Å². The van der Waals surface area contributed by atoms with Gasteiger partial charge < -0.3 is 0 Å². The van der Waals surface area contributed by atoms with Crippen LogP contribution >= 0.6 is 0 Å².